The van der Waals surface area contributed by atoms with E-state index in [1.54, 1.807) is 0 Å². The summed E-state index contributed by atoms with van der Waals surface area (Å²) >= 11 is 0. The summed E-state index contributed by atoms with van der Waals surface area (Å²) in [5.41, 5.74) is 0.866. The number of allylic oxidation sites excluding steroid dienone is 4. The molecule has 0 bridgehead atoms. The summed E-state index contributed by atoms with van der Waals surface area (Å²) in [7, 11) is 0. The van der Waals surface area contributed by atoms with Crippen molar-refractivity contribution >= 4 is 6.29 Å². The predicted octanol–water partition coefficient (Wildman–Crippen LogP) is 2.49. The van der Waals surface area contributed by atoms with Crippen LogP contribution in [0, 0.1) is 5.92 Å². The molecule has 11 heavy (non-hydrogen) atoms. The number of carbonyl (C=O) groups is 1. The van der Waals surface area contributed by atoms with Crippen LogP contribution in [0.5, 0.6) is 0 Å². The van der Waals surface area contributed by atoms with Crippen molar-refractivity contribution in [3.63, 3.8) is 0 Å². The van der Waals surface area contributed by atoms with Crippen LogP contribution in [-0.2, 0) is 4.79 Å². The molecule has 1 aliphatic carbocycles. The van der Waals surface area contributed by atoms with Gasteiger partial charge in [-0.25, -0.2) is 0 Å². The summed E-state index contributed by atoms with van der Waals surface area (Å²) in [6, 6.07) is 0. The lowest BCUT2D eigenvalue weighted by Crippen LogP contribution is -1.99. The molecule has 0 heterocycles. The Morgan fingerprint density at radius 3 is 2.91 bits per heavy atom. The third kappa shape index (κ3) is 2.71. The van der Waals surface area contributed by atoms with Crippen molar-refractivity contribution in [2.24, 2.45) is 5.92 Å². The van der Waals surface area contributed by atoms with E-state index in [0.717, 1.165) is 24.7 Å². The average molecular weight is 150 g/mol. The Bertz CT molecular complexity index is 189. The molecule has 0 aromatic carbocycles. The standard InChI is InChI=1S/C10H14O/c1-9(8-11)7-10-5-3-2-4-6-10/h2-3,7-8,10H,4-6H2,1H3/b9-7-/t10-/m1/s1. The van der Waals surface area contributed by atoms with E-state index < -0.39 is 0 Å². The van der Waals surface area contributed by atoms with E-state index in [0.29, 0.717) is 5.92 Å². The quantitative estimate of drug-likeness (QED) is 0.336. The minimum Gasteiger partial charge on any atom is -0.298 e. The second-order valence-electron chi connectivity index (χ2n) is 3.07. The maximum Gasteiger partial charge on any atom is 0.145 e. The lowest BCUT2D eigenvalue weighted by atomic mass is 9.93. The number of hydrogen-bond donors (Lipinski definition) is 0. The van der Waals surface area contributed by atoms with E-state index in [2.05, 4.69) is 18.2 Å². The van der Waals surface area contributed by atoms with Gasteiger partial charge in [0, 0.05) is 0 Å². The van der Waals surface area contributed by atoms with Crippen LogP contribution >= 0.6 is 0 Å². The van der Waals surface area contributed by atoms with Gasteiger partial charge in [0.2, 0.25) is 0 Å². The van der Waals surface area contributed by atoms with Crippen LogP contribution < -0.4 is 0 Å². The SMILES string of the molecule is C/C(C=O)=C/[C@@H]1CC=CCC1. The molecule has 0 aromatic rings. The van der Waals surface area contributed by atoms with Crippen molar-refractivity contribution in [3.8, 4) is 0 Å². The van der Waals surface area contributed by atoms with Gasteiger partial charge in [-0.15, -0.1) is 0 Å². The Morgan fingerprint density at radius 1 is 1.55 bits per heavy atom. The summed E-state index contributed by atoms with van der Waals surface area (Å²) in [5.74, 6) is 0.602. The van der Waals surface area contributed by atoms with E-state index in [4.69, 9.17) is 0 Å². The molecular formula is C10H14O. The second kappa shape index (κ2) is 4.12. The Labute approximate surface area is 67.8 Å². The van der Waals surface area contributed by atoms with E-state index in [9.17, 15) is 4.79 Å². The zero-order valence-electron chi connectivity index (χ0n) is 6.92. The molecular weight excluding hydrogens is 136 g/mol. The van der Waals surface area contributed by atoms with Gasteiger partial charge in [-0.2, -0.15) is 0 Å². The highest BCUT2D eigenvalue weighted by Gasteiger charge is 2.05. The Kier molecular flexibility index (Phi) is 3.09. The van der Waals surface area contributed by atoms with Gasteiger partial charge in [-0.05, 0) is 37.7 Å². The van der Waals surface area contributed by atoms with Gasteiger partial charge in [0.05, 0.1) is 0 Å². The minimum absolute atomic E-state index is 0.602. The van der Waals surface area contributed by atoms with E-state index in [1.165, 1.54) is 6.42 Å². The molecule has 1 nitrogen and oxygen atoms in total. The fraction of sp³-hybridized carbons (Fsp3) is 0.500. The molecule has 0 saturated heterocycles. The van der Waals surface area contributed by atoms with E-state index in [1.807, 2.05) is 6.92 Å². The largest absolute Gasteiger partial charge is 0.298 e. The number of hydrogen-bond acceptors (Lipinski definition) is 1. The molecule has 0 spiro atoms. The molecule has 1 aliphatic rings. The van der Waals surface area contributed by atoms with Crippen LogP contribution in [0.15, 0.2) is 23.8 Å². The maximum absolute atomic E-state index is 10.3. The fourth-order valence-corrected chi connectivity index (χ4v) is 1.38. The van der Waals surface area contributed by atoms with Crippen molar-refractivity contribution in [2.45, 2.75) is 26.2 Å². The smallest absolute Gasteiger partial charge is 0.145 e. The third-order valence-corrected chi connectivity index (χ3v) is 1.99. The molecule has 0 unspecified atom stereocenters. The van der Waals surface area contributed by atoms with Crippen LogP contribution in [0.25, 0.3) is 0 Å². The number of rotatable bonds is 2. The molecule has 0 aromatic heterocycles. The van der Waals surface area contributed by atoms with Crippen molar-refractivity contribution in [2.75, 3.05) is 0 Å². The lowest BCUT2D eigenvalue weighted by molar-refractivity contribution is -0.104. The van der Waals surface area contributed by atoms with E-state index in [-0.39, 0.29) is 0 Å². The summed E-state index contributed by atoms with van der Waals surface area (Å²) in [4.78, 5) is 10.3. The molecule has 0 amide bonds. The molecule has 1 atom stereocenters. The normalized spacial score (nSPS) is 25.2. The first-order valence-electron chi connectivity index (χ1n) is 4.11. The van der Waals surface area contributed by atoms with E-state index >= 15 is 0 Å². The first-order chi connectivity index (χ1) is 5.33. The van der Waals surface area contributed by atoms with Gasteiger partial charge in [-0.1, -0.05) is 18.2 Å². The van der Waals surface area contributed by atoms with Gasteiger partial charge in [0.1, 0.15) is 6.29 Å². The molecule has 0 fully saturated rings. The van der Waals surface area contributed by atoms with Gasteiger partial charge >= 0.3 is 0 Å². The summed E-state index contributed by atoms with van der Waals surface area (Å²) < 4.78 is 0. The first-order valence-corrected chi connectivity index (χ1v) is 4.11. The summed E-state index contributed by atoms with van der Waals surface area (Å²) in [5, 5.41) is 0. The topological polar surface area (TPSA) is 17.1 Å². The second-order valence-corrected chi connectivity index (χ2v) is 3.07. The lowest BCUT2D eigenvalue weighted by Gasteiger charge is -2.12. The summed E-state index contributed by atoms with van der Waals surface area (Å²) in [6.07, 6.45) is 10.9. The average Bonchev–Trinajstić information content (AvgIpc) is 2.06. The number of aldehydes is 1. The van der Waals surface area contributed by atoms with Crippen molar-refractivity contribution < 1.29 is 4.79 Å². The zero-order valence-corrected chi connectivity index (χ0v) is 6.92. The molecule has 0 aliphatic heterocycles. The minimum atomic E-state index is 0.602. The van der Waals surface area contributed by atoms with Crippen molar-refractivity contribution in [1.82, 2.24) is 0 Å². The highest BCUT2D eigenvalue weighted by Crippen LogP contribution is 2.19. The molecule has 0 radical (unpaired) electrons. The Balaban J connectivity index is 2.48. The van der Waals surface area contributed by atoms with Crippen LogP contribution in [0.2, 0.25) is 0 Å². The van der Waals surface area contributed by atoms with Gasteiger partial charge in [0.25, 0.3) is 0 Å². The summed E-state index contributed by atoms with van der Waals surface area (Å²) in [6.45, 7) is 1.87. The number of carbonyl (C=O) groups excluding carboxylic acids is 1. The van der Waals surface area contributed by atoms with Crippen LogP contribution in [-0.4, -0.2) is 6.29 Å². The third-order valence-electron chi connectivity index (χ3n) is 1.99. The van der Waals surface area contributed by atoms with Gasteiger partial charge in [-0.3, -0.25) is 4.79 Å². The zero-order chi connectivity index (χ0) is 8.10. The van der Waals surface area contributed by atoms with Crippen LogP contribution in [0.4, 0.5) is 0 Å². The molecule has 1 rings (SSSR count). The molecule has 0 saturated carbocycles. The highest BCUT2D eigenvalue weighted by molar-refractivity contribution is 5.72. The Morgan fingerprint density at radius 2 is 2.36 bits per heavy atom. The molecule has 1 heteroatoms. The molecule has 60 valence electrons. The van der Waals surface area contributed by atoms with Crippen LogP contribution in [0.3, 0.4) is 0 Å². The van der Waals surface area contributed by atoms with Gasteiger partial charge < -0.3 is 0 Å². The maximum atomic E-state index is 10.3. The molecule has 0 N–H and O–H groups in total. The van der Waals surface area contributed by atoms with Crippen molar-refractivity contribution in [1.29, 1.82) is 0 Å². The first kappa shape index (κ1) is 8.25. The monoisotopic (exact) mass is 150 g/mol. The highest BCUT2D eigenvalue weighted by atomic mass is 16.1. The van der Waals surface area contributed by atoms with Gasteiger partial charge in [0.15, 0.2) is 0 Å². The Hall–Kier alpha value is -0.850. The fourth-order valence-electron chi connectivity index (χ4n) is 1.38. The van der Waals surface area contributed by atoms with Crippen molar-refractivity contribution in [3.05, 3.63) is 23.8 Å². The predicted molar refractivity (Wildman–Crippen MR) is 46.3 cm³/mol. The van der Waals surface area contributed by atoms with Crippen LogP contribution in [0.1, 0.15) is 26.2 Å².